The second-order valence-corrected chi connectivity index (χ2v) is 7.96. The van der Waals surface area contributed by atoms with Crippen LogP contribution in [0.4, 0.5) is 0 Å². The highest BCUT2D eigenvalue weighted by Crippen LogP contribution is 2.29. The summed E-state index contributed by atoms with van der Waals surface area (Å²) in [7, 11) is 2.52. The van der Waals surface area contributed by atoms with E-state index in [0.717, 1.165) is 43.2 Å². The van der Waals surface area contributed by atoms with Crippen LogP contribution in [0.1, 0.15) is 40.8 Å². The second-order valence-electron chi connectivity index (χ2n) is 6.96. The summed E-state index contributed by atoms with van der Waals surface area (Å²) in [5.74, 6) is 0.215. The highest BCUT2D eigenvalue weighted by molar-refractivity contribution is 7.20. The Balaban J connectivity index is 1.98. The number of esters is 2. The predicted molar refractivity (Wildman–Crippen MR) is 100 cm³/mol. The molecule has 1 aliphatic rings. The Morgan fingerprint density at radius 1 is 1.26 bits per heavy atom. The van der Waals surface area contributed by atoms with Gasteiger partial charge in [0.05, 0.1) is 39.1 Å². The molecule has 0 aliphatic carbocycles. The van der Waals surface area contributed by atoms with Crippen LogP contribution < -0.4 is 10.5 Å². The van der Waals surface area contributed by atoms with Crippen molar-refractivity contribution in [1.29, 1.82) is 0 Å². The van der Waals surface area contributed by atoms with Crippen molar-refractivity contribution in [2.45, 2.75) is 32.7 Å². The molecular formula is C18H24N3O5S+. The van der Waals surface area contributed by atoms with E-state index in [1.165, 1.54) is 19.1 Å². The fraction of sp³-hybridized carbons (Fsp3) is 0.556. The molecule has 1 aliphatic heterocycles. The Hall–Kier alpha value is -2.26. The molecule has 0 bridgehead atoms. The molecule has 2 aromatic heterocycles. The maximum Gasteiger partial charge on any atom is 0.348 e. The first-order valence-corrected chi connectivity index (χ1v) is 9.77. The number of rotatable bonds is 5. The van der Waals surface area contributed by atoms with Gasteiger partial charge in [-0.25, -0.2) is 9.78 Å². The first-order chi connectivity index (χ1) is 12.9. The van der Waals surface area contributed by atoms with Crippen molar-refractivity contribution in [2.75, 3.05) is 27.3 Å². The normalized spacial score (nSPS) is 19.8. The first-order valence-electron chi connectivity index (χ1n) is 8.96. The highest BCUT2D eigenvalue weighted by Gasteiger charge is 2.26. The number of hydrogen-bond donors (Lipinski definition) is 2. The number of piperidine rings is 1. The molecule has 8 nitrogen and oxygen atoms in total. The minimum atomic E-state index is -0.589. The van der Waals surface area contributed by atoms with E-state index >= 15 is 0 Å². The Labute approximate surface area is 160 Å². The molecule has 3 heterocycles. The third kappa shape index (κ3) is 4.19. The minimum absolute atomic E-state index is 0.180. The first kappa shape index (κ1) is 19.5. The average Bonchev–Trinajstić information content (AvgIpc) is 3.01. The molecule has 0 radical (unpaired) electrons. The number of H-pyrrole nitrogens is 1. The van der Waals surface area contributed by atoms with Gasteiger partial charge < -0.3 is 19.4 Å². The van der Waals surface area contributed by atoms with Gasteiger partial charge in [0.2, 0.25) is 0 Å². The Bertz CT molecular complexity index is 912. The molecule has 0 unspecified atom stereocenters. The number of carbonyl (C=O) groups excluding carboxylic acids is 2. The van der Waals surface area contributed by atoms with Crippen LogP contribution >= 0.6 is 11.3 Å². The summed E-state index contributed by atoms with van der Waals surface area (Å²) in [6.07, 6.45) is 2.15. The van der Waals surface area contributed by atoms with E-state index in [1.807, 2.05) is 0 Å². The van der Waals surface area contributed by atoms with Crippen molar-refractivity contribution in [2.24, 2.45) is 5.92 Å². The molecular weight excluding hydrogens is 370 g/mol. The van der Waals surface area contributed by atoms with Crippen molar-refractivity contribution in [3.63, 3.8) is 0 Å². The Morgan fingerprint density at radius 2 is 1.96 bits per heavy atom. The van der Waals surface area contributed by atoms with Gasteiger partial charge in [-0.1, -0.05) is 6.92 Å². The Kier molecular flexibility index (Phi) is 5.91. The number of aromatic amines is 1. The smallest absolute Gasteiger partial charge is 0.348 e. The summed E-state index contributed by atoms with van der Waals surface area (Å²) in [5.41, 5.74) is -0.0294. The van der Waals surface area contributed by atoms with Crippen molar-refractivity contribution in [3.8, 4) is 0 Å². The molecule has 9 heteroatoms. The van der Waals surface area contributed by atoms with E-state index in [2.05, 4.69) is 16.9 Å². The fourth-order valence-electron chi connectivity index (χ4n) is 3.42. The summed E-state index contributed by atoms with van der Waals surface area (Å²) in [6.45, 7) is 4.99. The lowest BCUT2D eigenvalue weighted by Gasteiger charge is -2.26. The molecule has 0 atom stereocenters. The lowest BCUT2D eigenvalue weighted by Crippen LogP contribution is -3.11. The van der Waals surface area contributed by atoms with E-state index in [9.17, 15) is 14.4 Å². The summed E-state index contributed by atoms with van der Waals surface area (Å²) in [5, 5.41) is 0.261. The third-order valence-electron chi connectivity index (χ3n) is 5.03. The van der Waals surface area contributed by atoms with Crippen LogP contribution in [0.2, 0.25) is 0 Å². The van der Waals surface area contributed by atoms with Crippen molar-refractivity contribution >= 4 is 33.5 Å². The number of methoxy groups -OCH3 is 2. The van der Waals surface area contributed by atoms with Crippen LogP contribution in [0.15, 0.2) is 4.79 Å². The second kappa shape index (κ2) is 8.18. The van der Waals surface area contributed by atoms with Gasteiger partial charge in [-0.2, -0.15) is 0 Å². The minimum Gasteiger partial charge on any atom is -0.469 e. The number of thiophene rings is 1. The molecule has 0 saturated carbocycles. The summed E-state index contributed by atoms with van der Waals surface area (Å²) in [6, 6.07) is 0. The van der Waals surface area contributed by atoms with E-state index in [4.69, 9.17) is 9.47 Å². The molecule has 0 spiro atoms. The topological polar surface area (TPSA) is 103 Å². The molecule has 3 rings (SSSR count). The van der Waals surface area contributed by atoms with Gasteiger partial charge in [0, 0.05) is 5.56 Å². The monoisotopic (exact) mass is 394 g/mol. The number of carbonyl (C=O) groups is 2. The zero-order chi connectivity index (χ0) is 19.6. The number of nitrogens with zero attached hydrogens (tertiary/aromatic N) is 1. The van der Waals surface area contributed by atoms with Gasteiger partial charge >= 0.3 is 11.9 Å². The van der Waals surface area contributed by atoms with Crippen LogP contribution in [0, 0.1) is 5.92 Å². The van der Waals surface area contributed by atoms with E-state index in [-0.39, 0.29) is 22.2 Å². The molecule has 2 aromatic rings. The number of nitrogens with one attached hydrogen (secondary N) is 2. The molecule has 0 aromatic carbocycles. The summed E-state index contributed by atoms with van der Waals surface area (Å²) in [4.78, 5) is 46.0. The van der Waals surface area contributed by atoms with Crippen LogP contribution in [0.3, 0.4) is 0 Å². The molecule has 146 valence electrons. The van der Waals surface area contributed by atoms with Gasteiger partial charge in [-0.05, 0) is 18.8 Å². The summed E-state index contributed by atoms with van der Waals surface area (Å²) >= 11 is 1.08. The van der Waals surface area contributed by atoms with Crippen LogP contribution in [-0.4, -0.2) is 49.2 Å². The van der Waals surface area contributed by atoms with Crippen molar-refractivity contribution in [3.05, 3.63) is 26.6 Å². The molecule has 27 heavy (non-hydrogen) atoms. The van der Waals surface area contributed by atoms with Gasteiger partial charge in [0.1, 0.15) is 16.3 Å². The number of ether oxygens (including phenoxy) is 2. The average molecular weight is 394 g/mol. The van der Waals surface area contributed by atoms with Crippen LogP contribution in [0.5, 0.6) is 0 Å². The SMILES string of the molecule is COC(=O)Cc1c(C(=O)OC)sc2nc(C[NH+]3CCC(C)CC3)[nH]c(=O)c12. The van der Waals surface area contributed by atoms with Gasteiger partial charge in [-0.3, -0.25) is 9.59 Å². The third-order valence-corrected chi connectivity index (χ3v) is 6.13. The lowest BCUT2D eigenvalue weighted by molar-refractivity contribution is -0.920. The number of likely N-dealkylation sites (tertiary alicyclic amines) is 1. The number of aromatic nitrogens is 2. The number of quaternary nitrogens is 1. The molecule has 0 amide bonds. The zero-order valence-corrected chi connectivity index (χ0v) is 16.5. The maximum absolute atomic E-state index is 12.7. The predicted octanol–water partition coefficient (Wildman–Crippen LogP) is 0.302. The van der Waals surface area contributed by atoms with Gasteiger partial charge in [0.25, 0.3) is 5.56 Å². The van der Waals surface area contributed by atoms with Crippen molar-refractivity contribution in [1.82, 2.24) is 9.97 Å². The van der Waals surface area contributed by atoms with Crippen molar-refractivity contribution < 1.29 is 24.0 Å². The quantitative estimate of drug-likeness (QED) is 0.707. The molecule has 1 fully saturated rings. The molecule has 1 saturated heterocycles. The largest absolute Gasteiger partial charge is 0.469 e. The highest BCUT2D eigenvalue weighted by atomic mass is 32.1. The van der Waals surface area contributed by atoms with E-state index in [0.29, 0.717) is 22.8 Å². The standard InChI is InChI=1S/C18H23N3O5S/c1-10-4-6-21(7-5-10)9-12-19-16(23)14-11(8-13(22)25-2)15(18(24)26-3)27-17(14)20-12/h10H,4-9H2,1-3H3,(H,19,20,23)/p+1. The summed E-state index contributed by atoms with van der Waals surface area (Å²) < 4.78 is 9.49. The molecule has 2 N–H and O–H groups in total. The van der Waals surface area contributed by atoms with E-state index in [1.54, 1.807) is 0 Å². The Morgan fingerprint density at radius 3 is 2.59 bits per heavy atom. The maximum atomic E-state index is 12.7. The fourth-order valence-corrected chi connectivity index (χ4v) is 4.55. The van der Waals surface area contributed by atoms with Crippen LogP contribution in [0.25, 0.3) is 10.2 Å². The van der Waals surface area contributed by atoms with Gasteiger partial charge in [-0.15, -0.1) is 11.3 Å². The zero-order valence-electron chi connectivity index (χ0n) is 15.7. The number of fused-ring (bicyclic) bond motifs is 1. The van der Waals surface area contributed by atoms with Gasteiger partial charge in [0.15, 0.2) is 5.82 Å². The van der Waals surface area contributed by atoms with E-state index < -0.39 is 11.9 Å². The van der Waals surface area contributed by atoms with Crippen LogP contribution in [-0.2, 0) is 27.2 Å². The number of hydrogen-bond acceptors (Lipinski definition) is 7. The lowest BCUT2D eigenvalue weighted by atomic mass is 9.99.